The number of benzene rings is 1. The van der Waals surface area contributed by atoms with Gasteiger partial charge in [0.25, 0.3) is 5.91 Å². The average molecular weight is 451 g/mol. The molecule has 0 radical (unpaired) electrons. The number of nitrogens with one attached hydrogen (secondary N) is 1. The van der Waals surface area contributed by atoms with Gasteiger partial charge in [-0.15, -0.1) is 0 Å². The van der Waals surface area contributed by atoms with Crippen molar-refractivity contribution in [1.29, 1.82) is 0 Å². The predicted octanol–water partition coefficient (Wildman–Crippen LogP) is 1.98. The molecule has 0 spiro atoms. The van der Waals surface area contributed by atoms with Gasteiger partial charge in [0.15, 0.2) is 15.5 Å². The van der Waals surface area contributed by atoms with Crippen LogP contribution in [0.2, 0.25) is 5.02 Å². The molecule has 9 nitrogen and oxygen atoms in total. The van der Waals surface area contributed by atoms with Gasteiger partial charge < -0.3 is 14.8 Å². The molecule has 30 heavy (non-hydrogen) atoms. The summed E-state index contributed by atoms with van der Waals surface area (Å²) in [4.78, 5) is 16.7. The normalized spacial score (nSPS) is 16.7. The molecule has 0 unspecified atom stereocenters. The van der Waals surface area contributed by atoms with E-state index in [2.05, 4.69) is 15.4 Å². The van der Waals surface area contributed by atoms with E-state index in [1.165, 1.54) is 29.9 Å². The maximum Gasteiger partial charge on any atom is 0.251 e. The third kappa shape index (κ3) is 3.98. The predicted molar refractivity (Wildman–Crippen MR) is 110 cm³/mol. The van der Waals surface area contributed by atoms with E-state index in [1.54, 1.807) is 12.3 Å². The van der Waals surface area contributed by atoms with E-state index in [-0.39, 0.29) is 22.4 Å². The number of carbonyl (C=O) groups is 1. The van der Waals surface area contributed by atoms with Crippen LogP contribution in [0, 0.1) is 0 Å². The molecular weight excluding hydrogens is 432 g/mol. The molecule has 1 aromatic carbocycles. The number of amides is 1. The van der Waals surface area contributed by atoms with Crippen molar-refractivity contribution in [2.45, 2.75) is 17.4 Å². The average Bonchev–Trinajstić information content (AvgIpc) is 3.36. The summed E-state index contributed by atoms with van der Waals surface area (Å²) in [7, 11) is -2.08. The molecule has 1 saturated heterocycles. The Balaban J connectivity index is 1.85. The fourth-order valence-corrected chi connectivity index (χ4v) is 4.03. The quantitative estimate of drug-likeness (QED) is 0.632. The van der Waals surface area contributed by atoms with Gasteiger partial charge >= 0.3 is 0 Å². The van der Waals surface area contributed by atoms with Crippen molar-refractivity contribution < 1.29 is 22.7 Å². The first-order valence-electron chi connectivity index (χ1n) is 9.12. The number of halogens is 1. The fraction of sp³-hybridized carbons (Fsp3) is 0.316. The minimum absolute atomic E-state index is 0.0199. The highest BCUT2D eigenvalue weighted by atomic mass is 35.5. The van der Waals surface area contributed by atoms with Crippen molar-refractivity contribution in [3.8, 4) is 17.0 Å². The summed E-state index contributed by atoms with van der Waals surface area (Å²) in [6, 6.07) is 4.41. The number of aromatic nitrogens is 3. The van der Waals surface area contributed by atoms with Crippen LogP contribution in [0.15, 0.2) is 35.5 Å². The van der Waals surface area contributed by atoms with E-state index in [9.17, 15) is 13.2 Å². The van der Waals surface area contributed by atoms with Crippen molar-refractivity contribution >= 4 is 33.0 Å². The molecule has 0 aliphatic carbocycles. The van der Waals surface area contributed by atoms with Crippen LogP contribution in [-0.2, 0) is 14.6 Å². The van der Waals surface area contributed by atoms with Crippen LogP contribution < -0.4 is 10.1 Å². The van der Waals surface area contributed by atoms with Gasteiger partial charge in [-0.2, -0.15) is 10.1 Å². The Morgan fingerprint density at radius 2 is 2.17 bits per heavy atom. The molecule has 1 atom stereocenters. The summed E-state index contributed by atoms with van der Waals surface area (Å²) in [6.07, 6.45) is 4.79. The Morgan fingerprint density at radius 3 is 2.83 bits per heavy atom. The maximum absolute atomic E-state index is 12.2. The third-order valence-electron chi connectivity index (χ3n) is 4.72. The Bertz CT molecular complexity index is 1240. The lowest BCUT2D eigenvalue weighted by atomic mass is 10.1. The van der Waals surface area contributed by atoms with Gasteiger partial charge in [-0.3, -0.25) is 4.79 Å². The van der Waals surface area contributed by atoms with Crippen molar-refractivity contribution in [3.05, 3.63) is 41.2 Å². The van der Waals surface area contributed by atoms with Crippen LogP contribution in [0.3, 0.4) is 0 Å². The Labute approximate surface area is 177 Å². The Kier molecular flexibility index (Phi) is 5.39. The van der Waals surface area contributed by atoms with Crippen molar-refractivity contribution in [3.63, 3.8) is 0 Å². The SMILES string of the molecule is CNC(=O)c1cc(-c2cnn3cc(Cl)c(O[C@H]4CCOC4)nc23)cc(S(C)(=O)=O)c1. The number of hydrogen-bond donors (Lipinski definition) is 1. The summed E-state index contributed by atoms with van der Waals surface area (Å²) in [5.41, 5.74) is 1.65. The van der Waals surface area contributed by atoms with Crippen LogP contribution in [0.25, 0.3) is 16.8 Å². The zero-order valence-corrected chi connectivity index (χ0v) is 17.8. The molecule has 11 heteroatoms. The first-order chi connectivity index (χ1) is 14.3. The second kappa shape index (κ2) is 7.86. The highest BCUT2D eigenvalue weighted by molar-refractivity contribution is 7.90. The van der Waals surface area contributed by atoms with Crippen LogP contribution in [-0.4, -0.2) is 61.5 Å². The molecule has 0 bridgehead atoms. The fourth-order valence-electron chi connectivity index (χ4n) is 3.17. The summed E-state index contributed by atoms with van der Waals surface area (Å²) in [6.45, 7) is 1.07. The van der Waals surface area contributed by atoms with Gasteiger partial charge in [-0.25, -0.2) is 12.9 Å². The lowest BCUT2D eigenvalue weighted by Gasteiger charge is -2.12. The molecule has 4 rings (SSSR count). The molecule has 3 heterocycles. The largest absolute Gasteiger partial charge is 0.471 e. The van der Waals surface area contributed by atoms with Gasteiger partial charge in [0.2, 0.25) is 5.88 Å². The van der Waals surface area contributed by atoms with Gasteiger partial charge in [-0.1, -0.05) is 11.6 Å². The number of fused-ring (bicyclic) bond motifs is 1. The minimum Gasteiger partial charge on any atom is -0.471 e. The topological polar surface area (TPSA) is 112 Å². The van der Waals surface area contributed by atoms with E-state index in [0.717, 1.165) is 12.7 Å². The summed E-state index contributed by atoms with van der Waals surface area (Å²) in [5, 5.41) is 7.05. The molecule has 158 valence electrons. The molecule has 1 N–H and O–H groups in total. The van der Waals surface area contributed by atoms with Gasteiger partial charge in [0, 0.05) is 30.9 Å². The molecule has 1 aliphatic rings. The van der Waals surface area contributed by atoms with E-state index in [1.807, 2.05) is 0 Å². The molecule has 0 saturated carbocycles. The molecule has 1 amide bonds. The molecular formula is C19H19ClN4O5S. The minimum atomic E-state index is -3.55. The van der Waals surface area contributed by atoms with Crippen molar-refractivity contribution in [1.82, 2.24) is 19.9 Å². The molecule has 3 aromatic rings. The Hall–Kier alpha value is -2.69. The number of sulfone groups is 1. The lowest BCUT2D eigenvalue weighted by Crippen LogP contribution is -2.18. The van der Waals surface area contributed by atoms with E-state index >= 15 is 0 Å². The molecule has 2 aromatic heterocycles. The first kappa shape index (κ1) is 20.6. The van der Waals surface area contributed by atoms with Crippen molar-refractivity contribution in [2.24, 2.45) is 0 Å². The van der Waals surface area contributed by atoms with E-state index < -0.39 is 15.7 Å². The van der Waals surface area contributed by atoms with E-state index in [0.29, 0.717) is 35.0 Å². The number of hydrogen-bond acceptors (Lipinski definition) is 7. The Morgan fingerprint density at radius 1 is 1.37 bits per heavy atom. The highest BCUT2D eigenvalue weighted by Gasteiger charge is 2.22. The van der Waals surface area contributed by atoms with Crippen LogP contribution in [0.4, 0.5) is 0 Å². The third-order valence-corrected chi connectivity index (χ3v) is 6.07. The monoisotopic (exact) mass is 450 g/mol. The van der Waals surface area contributed by atoms with Gasteiger partial charge in [-0.05, 0) is 23.8 Å². The number of nitrogens with zero attached hydrogens (tertiary/aromatic N) is 3. The van der Waals surface area contributed by atoms with Gasteiger partial charge in [0.05, 0.1) is 30.5 Å². The summed E-state index contributed by atoms with van der Waals surface area (Å²) in [5.74, 6) is -0.160. The van der Waals surface area contributed by atoms with Crippen LogP contribution in [0.1, 0.15) is 16.8 Å². The number of rotatable bonds is 5. The number of carbonyl (C=O) groups excluding carboxylic acids is 1. The zero-order chi connectivity index (χ0) is 21.5. The van der Waals surface area contributed by atoms with Crippen LogP contribution in [0.5, 0.6) is 5.88 Å². The standard InChI is InChI=1S/C19H19ClN4O5S/c1-21-18(25)12-5-11(6-14(7-12)30(2,26)27)15-8-22-24-9-16(20)19(23-17(15)24)29-13-3-4-28-10-13/h5-9,13H,3-4,10H2,1-2H3,(H,21,25)/t13-/m0/s1. The zero-order valence-electron chi connectivity index (χ0n) is 16.3. The van der Waals surface area contributed by atoms with Crippen LogP contribution >= 0.6 is 11.6 Å². The molecule has 1 aliphatic heterocycles. The second-order valence-electron chi connectivity index (χ2n) is 6.92. The summed E-state index contributed by atoms with van der Waals surface area (Å²) < 4.78 is 37.0. The number of ether oxygens (including phenoxy) is 2. The smallest absolute Gasteiger partial charge is 0.251 e. The lowest BCUT2D eigenvalue weighted by molar-refractivity contribution is 0.0963. The maximum atomic E-state index is 12.2. The molecule has 1 fully saturated rings. The summed E-state index contributed by atoms with van der Waals surface area (Å²) >= 11 is 6.29. The first-order valence-corrected chi connectivity index (χ1v) is 11.4. The second-order valence-corrected chi connectivity index (χ2v) is 9.34. The van der Waals surface area contributed by atoms with E-state index in [4.69, 9.17) is 21.1 Å². The van der Waals surface area contributed by atoms with Gasteiger partial charge in [0.1, 0.15) is 11.1 Å². The van der Waals surface area contributed by atoms with Crippen molar-refractivity contribution in [2.75, 3.05) is 26.5 Å². The highest BCUT2D eigenvalue weighted by Crippen LogP contribution is 2.31.